The van der Waals surface area contributed by atoms with Crippen LogP contribution in [-0.2, 0) is 46.8 Å². The van der Waals surface area contributed by atoms with Crippen molar-refractivity contribution in [2.24, 2.45) is 14.1 Å². The molecule has 1 fully saturated rings. The number of carbonyl (C=O) groups is 2. The van der Waals surface area contributed by atoms with E-state index in [0.29, 0.717) is 25.4 Å². The Labute approximate surface area is 368 Å². The van der Waals surface area contributed by atoms with Gasteiger partial charge < -0.3 is 30.3 Å². The van der Waals surface area contributed by atoms with Gasteiger partial charge in [0.2, 0.25) is 0 Å². The van der Waals surface area contributed by atoms with Gasteiger partial charge in [0.25, 0.3) is 22.9 Å². The van der Waals surface area contributed by atoms with E-state index in [9.17, 15) is 51.4 Å². The van der Waals surface area contributed by atoms with Gasteiger partial charge in [0.15, 0.2) is 19.4 Å². The summed E-state index contributed by atoms with van der Waals surface area (Å²) in [6.07, 6.45) is -1.76. The Bertz CT molecular complexity index is 2520. The molecule has 4 aromatic rings. The molecule has 1 aliphatic heterocycles. The van der Waals surface area contributed by atoms with E-state index in [2.05, 4.69) is 16.1 Å². The molecule has 2 aromatic carbocycles. The standard InChI is InChI=1S/C19H21F2IN4O6.C16H17F2IN4O6/c1-19(2)30-7-11(32-19)8-31-24-16(27)14-15(23-13-5-4-10(22)6-12(13)21)26(9-20)18(29)25(3)17(14)28;1-22-15(27)12(14(26)21-29-6-9(25)5-24)13(23(7-17)16(22)28)20-11-3-2-8(19)4-10(11)18/h4-6,11,23H,7-9H2,1-3H3,(H,24,27);2-4,9,20,24-25H,5-7H2,1H3,(H,21,26)/t;9-/m.1/s1. The minimum absolute atomic E-state index is 0.0905. The van der Waals surface area contributed by atoms with Crippen molar-refractivity contribution in [3.05, 3.63) is 108 Å². The number of hydroxylamine groups is 2. The van der Waals surface area contributed by atoms with Crippen molar-refractivity contribution in [3.63, 3.8) is 0 Å². The number of benzene rings is 2. The van der Waals surface area contributed by atoms with Gasteiger partial charge in [-0.05, 0) is 95.4 Å². The minimum Gasteiger partial charge on any atom is -0.394 e. The number of ether oxygens (including phenoxy) is 2. The van der Waals surface area contributed by atoms with Gasteiger partial charge in [-0.15, -0.1) is 0 Å². The number of anilines is 4. The molecule has 3 heterocycles. The number of aliphatic hydroxyl groups is 2. The summed E-state index contributed by atoms with van der Waals surface area (Å²) >= 11 is 3.76. The van der Waals surface area contributed by atoms with E-state index in [1.54, 1.807) is 19.9 Å². The number of halogens is 6. The first-order chi connectivity index (χ1) is 28.7. The summed E-state index contributed by atoms with van der Waals surface area (Å²) in [5.41, 5.74) is -1.98. The topological polar surface area (TPSA) is 248 Å². The van der Waals surface area contributed by atoms with Crippen molar-refractivity contribution < 1.29 is 56.5 Å². The van der Waals surface area contributed by atoms with Crippen molar-refractivity contribution in [3.8, 4) is 0 Å². The van der Waals surface area contributed by atoms with Crippen molar-refractivity contribution >= 4 is 80.0 Å². The molecule has 0 radical (unpaired) electrons. The molecule has 1 aliphatic rings. The number of hydrogen-bond donors (Lipinski definition) is 6. The lowest BCUT2D eigenvalue weighted by Crippen LogP contribution is -2.44. The van der Waals surface area contributed by atoms with Crippen molar-refractivity contribution in [1.29, 1.82) is 0 Å². The normalized spacial score (nSPS) is 14.8. The molecule has 2 amide bonds. The molecule has 61 heavy (non-hydrogen) atoms. The van der Waals surface area contributed by atoms with Gasteiger partial charge in [-0.2, -0.15) is 0 Å². The molecule has 5 rings (SSSR count). The van der Waals surface area contributed by atoms with Crippen LogP contribution in [0.1, 0.15) is 34.6 Å². The fourth-order valence-electron chi connectivity index (χ4n) is 5.27. The van der Waals surface area contributed by atoms with Crippen LogP contribution in [0.3, 0.4) is 0 Å². The number of nitrogens with zero attached hydrogens (tertiary/aromatic N) is 4. The zero-order valence-electron chi connectivity index (χ0n) is 32.4. The van der Waals surface area contributed by atoms with Gasteiger partial charge in [-0.3, -0.25) is 38.0 Å². The summed E-state index contributed by atoms with van der Waals surface area (Å²) in [6.45, 7) is -0.337. The van der Waals surface area contributed by atoms with Crippen molar-refractivity contribution in [2.45, 2.75) is 45.4 Å². The summed E-state index contributed by atoms with van der Waals surface area (Å²) in [7, 11) is 2.13. The number of amides is 2. The number of alkyl halides is 2. The smallest absolute Gasteiger partial charge is 0.334 e. The Balaban J connectivity index is 0.000000270. The van der Waals surface area contributed by atoms with Gasteiger partial charge in [0.05, 0.1) is 24.6 Å². The number of aliphatic hydroxyl groups excluding tert-OH is 2. The summed E-state index contributed by atoms with van der Waals surface area (Å²) < 4.78 is 69.9. The zero-order valence-corrected chi connectivity index (χ0v) is 36.7. The molecule has 0 bridgehead atoms. The summed E-state index contributed by atoms with van der Waals surface area (Å²) in [4.78, 5) is 84.8. The maximum absolute atomic E-state index is 14.3. The second kappa shape index (κ2) is 21.4. The number of aromatic nitrogens is 4. The van der Waals surface area contributed by atoms with E-state index in [1.165, 1.54) is 24.3 Å². The molecule has 2 aromatic heterocycles. The lowest BCUT2D eigenvalue weighted by Gasteiger charge is -2.18. The van der Waals surface area contributed by atoms with Gasteiger partial charge in [0, 0.05) is 21.2 Å². The van der Waals surface area contributed by atoms with Gasteiger partial charge >= 0.3 is 11.4 Å². The summed E-state index contributed by atoms with van der Waals surface area (Å²) in [5, 5.41) is 22.9. The van der Waals surface area contributed by atoms with Crippen LogP contribution in [-0.4, -0.2) is 84.7 Å². The SMILES string of the molecule is Cn1c(=O)c(C(=O)NOCC2COC(C)(C)O2)c(Nc2ccc(I)cc2F)n(CF)c1=O.Cn1c(=O)c(C(=O)NOC[C@H](O)CO)c(Nc2ccc(I)cc2F)n(CF)c1=O. The second-order valence-electron chi connectivity index (χ2n) is 13.1. The largest absolute Gasteiger partial charge is 0.394 e. The molecule has 0 spiro atoms. The molecule has 6 N–H and O–H groups in total. The third-order valence-corrected chi connectivity index (χ3v) is 9.64. The average Bonchev–Trinajstić information content (AvgIpc) is 3.56. The zero-order chi connectivity index (χ0) is 45.3. The number of carbonyl (C=O) groups excluding carboxylic acids is 2. The van der Waals surface area contributed by atoms with E-state index >= 15 is 0 Å². The van der Waals surface area contributed by atoms with Gasteiger partial charge in [0.1, 0.15) is 59.8 Å². The van der Waals surface area contributed by atoms with Crippen LogP contribution in [0, 0.1) is 18.8 Å². The summed E-state index contributed by atoms with van der Waals surface area (Å²) in [5.74, 6) is -5.60. The van der Waals surface area contributed by atoms with Gasteiger partial charge in [-0.25, -0.2) is 47.2 Å². The third kappa shape index (κ3) is 12.0. The molecule has 26 heteroatoms. The Hall–Kier alpha value is -4.72. The Morgan fingerprint density at radius 1 is 0.836 bits per heavy atom. The van der Waals surface area contributed by atoms with E-state index in [4.69, 9.17) is 24.3 Å². The Morgan fingerprint density at radius 2 is 1.28 bits per heavy atom. The quantitative estimate of drug-likeness (QED) is 0.0565. The fraction of sp³-hybridized carbons (Fsp3) is 0.371. The monoisotopic (exact) mass is 1090 g/mol. The lowest BCUT2D eigenvalue weighted by molar-refractivity contribution is -0.147. The van der Waals surface area contributed by atoms with Crippen LogP contribution >= 0.6 is 45.2 Å². The molecule has 1 saturated heterocycles. The molecule has 20 nitrogen and oxygen atoms in total. The first kappa shape index (κ1) is 48.9. The van der Waals surface area contributed by atoms with E-state index in [0.717, 1.165) is 20.2 Å². The highest BCUT2D eigenvalue weighted by Crippen LogP contribution is 2.25. The van der Waals surface area contributed by atoms with Crippen LogP contribution in [0.2, 0.25) is 0 Å². The number of rotatable bonds is 15. The van der Waals surface area contributed by atoms with Crippen LogP contribution in [0.25, 0.3) is 0 Å². The lowest BCUT2D eigenvalue weighted by atomic mass is 10.2. The predicted molar refractivity (Wildman–Crippen MR) is 224 cm³/mol. The molecule has 0 aliphatic carbocycles. The minimum atomic E-state index is -1.41. The number of hydrogen-bond acceptors (Lipinski definition) is 14. The van der Waals surface area contributed by atoms with E-state index in [1.807, 2.05) is 50.7 Å². The van der Waals surface area contributed by atoms with Crippen LogP contribution in [0.5, 0.6) is 0 Å². The van der Waals surface area contributed by atoms with Crippen LogP contribution in [0.15, 0.2) is 55.6 Å². The molecular weight excluding hydrogens is 1050 g/mol. The highest BCUT2D eigenvalue weighted by Gasteiger charge is 2.33. The Kier molecular flexibility index (Phi) is 17.2. The van der Waals surface area contributed by atoms with Crippen LogP contribution < -0.4 is 44.1 Å². The molecule has 2 atom stereocenters. The van der Waals surface area contributed by atoms with Gasteiger partial charge in [-0.1, -0.05) is 0 Å². The highest BCUT2D eigenvalue weighted by atomic mass is 127. The molecule has 0 saturated carbocycles. The van der Waals surface area contributed by atoms with Crippen molar-refractivity contribution in [1.82, 2.24) is 29.2 Å². The van der Waals surface area contributed by atoms with Crippen LogP contribution in [0.4, 0.5) is 40.6 Å². The first-order valence-corrected chi connectivity index (χ1v) is 19.6. The Morgan fingerprint density at radius 3 is 1.66 bits per heavy atom. The predicted octanol–water partition coefficient (Wildman–Crippen LogP) is 1.75. The van der Waals surface area contributed by atoms with E-state index in [-0.39, 0.29) is 24.6 Å². The first-order valence-electron chi connectivity index (χ1n) is 17.4. The fourth-order valence-corrected chi connectivity index (χ4v) is 6.17. The molecular formula is C35H38F4I2N8O12. The second-order valence-corrected chi connectivity index (χ2v) is 15.6. The number of nitrogens with one attached hydrogen (secondary N) is 4. The average molecular weight is 1090 g/mol. The molecule has 1 unspecified atom stereocenters. The highest BCUT2D eigenvalue weighted by molar-refractivity contribution is 14.1. The van der Waals surface area contributed by atoms with Crippen molar-refractivity contribution in [2.75, 3.05) is 37.1 Å². The summed E-state index contributed by atoms with van der Waals surface area (Å²) in [6, 6.07) is 8.04. The van der Waals surface area contributed by atoms with E-state index < -0.39 is 114 Å². The molecule has 332 valence electrons. The maximum Gasteiger partial charge on any atom is 0.334 e. The third-order valence-electron chi connectivity index (χ3n) is 8.30. The maximum atomic E-state index is 14.3.